The van der Waals surface area contributed by atoms with Gasteiger partial charge in [0.15, 0.2) is 5.79 Å². The summed E-state index contributed by atoms with van der Waals surface area (Å²) in [4.78, 5) is 0. The average molecular weight is 449 g/mol. The van der Waals surface area contributed by atoms with Gasteiger partial charge < -0.3 is 24.8 Å². The first-order valence-corrected chi connectivity index (χ1v) is 13.4. The normalized spacial score (nSPS) is 63.7. The molecule has 32 heavy (non-hydrogen) atoms. The van der Waals surface area contributed by atoms with Gasteiger partial charge in [-0.3, -0.25) is 0 Å². The molecule has 6 fully saturated rings. The molecule has 2 saturated heterocycles. The van der Waals surface area contributed by atoms with Crippen molar-refractivity contribution in [3.8, 4) is 0 Å². The number of rotatable bonds is 1. The summed E-state index contributed by atoms with van der Waals surface area (Å²) in [5.74, 6) is 2.66. The summed E-state index contributed by atoms with van der Waals surface area (Å²) < 4.78 is 13.3. The van der Waals surface area contributed by atoms with Crippen LogP contribution in [-0.2, 0) is 9.47 Å². The molecule has 0 bridgehead atoms. The fourth-order valence-electron chi connectivity index (χ4n) is 10.4. The van der Waals surface area contributed by atoms with Gasteiger partial charge in [-0.2, -0.15) is 0 Å². The van der Waals surface area contributed by atoms with Crippen LogP contribution in [0.3, 0.4) is 0 Å². The smallest absolute Gasteiger partial charge is 0.172 e. The Kier molecular flexibility index (Phi) is 4.83. The molecule has 4 saturated carbocycles. The molecule has 0 aromatic heterocycles. The van der Waals surface area contributed by atoms with Gasteiger partial charge in [-0.05, 0) is 98.7 Å². The monoisotopic (exact) mass is 448 g/mol. The highest BCUT2D eigenvalue weighted by atomic mass is 16.7. The highest BCUT2D eigenvalue weighted by Crippen LogP contribution is 2.71. The van der Waals surface area contributed by atoms with Gasteiger partial charge in [0, 0.05) is 12.3 Å². The van der Waals surface area contributed by atoms with E-state index in [-0.39, 0.29) is 35.7 Å². The first kappa shape index (κ1) is 22.3. The Labute approximate surface area is 193 Å². The molecule has 6 rings (SSSR count). The number of aliphatic hydroxyl groups is 3. The van der Waals surface area contributed by atoms with Gasteiger partial charge in [-0.25, -0.2) is 0 Å². The van der Waals surface area contributed by atoms with Gasteiger partial charge in [0.25, 0.3) is 0 Å². The van der Waals surface area contributed by atoms with Crippen molar-refractivity contribution in [1.82, 2.24) is 0 Å². The van der Waals surface area contributed by atoms with Crippen LogP contribution in [0.25, 0.3) is 0 Å². The Bertz CT molecular complexity index is 773. The van der Waals surface area contributed by atoms with Crippen molar-refractivity contribution in [2.24, 2.45) is 46.3 Å². The lowest BCUT2D eigenvalue weighted by atomic mass is 9.43. The molecule has 0 unspecified atom stereocenters. The standard InChI is InChI=1S/C27H44O5/c1-15-23-21(31-27(15)10-9-24(2,14-28)32-27)13-20-18-6-5-16-11-17(29)12-22(30)26(16,4)19(18)7-8-25(20,23)3/h15-23,28-30H,5-14H2,1-4H3/t15-,16-,17-,18+,19+,20+,21-,22+,23-,24+,25-,26-,27-/m0/s1. The van der Waals surface area contributed by atoms with Crippen molar-refractivity contribution in [3.05, 3.63) is 0 Å². The lowest BCUT2D eigenvalue weighted by Gasteiger charge is -2.62. The predicted octanol–water partition coefficient (Wildman–Crippen LogP) is 3.88. The lowest BCUT2D eigenvalue weighted by molar-refractivity contribution is -0.263. The number of hydrogen-bond donors (Lipinski definition) is 3. The summed E-state index contributed by atoms with van der Waals surface area (Å²) in [5.41, 5.74) is -0.259. The van der Waals surface area contributed by atoms with E-state index in [1.54, 1.807) is 0 Å². The van der Waals surface area contributed by atoms with E-state index >= 15 is 0 Å². The lowest BCUT2D eigenvalue weighted by Crippen LogP contribution is -2.59. The van der Waals surface area contributed by atoms with E-state index in [0.717, 1.165) is 32.1 Å². The number of hydrogen-bond acceptors (Lipinski definition) is 5. The molecule has 5 heteroatoms. The van der Waals surface area contributed by atoms with E-state index in [1.807, 2.05) is 6.92 Å². The second-order valence-corrected chi connectivity index (χ2v) is 13.4. The van der Waals surface area contributed by atoms with Crippen LogP contribution in [0, 0.1) is 46.3 Å². The Morgan fingerprint density at radius 1 is 0.906 bits per heavy atom. The summed E-state index contributed by atoms with van der Waals surface area (Å²) in [7, 11) is 0. The van der Waals surface area contributed by atoms with Crippen LogP contribution in [-0.4, -0.2) is 51.6 Å². The summed E-state index contributed by atoms with van der Waals surface area (Å²) in [6, 6.07) is 0. The molecule has 0 radical (unpaired) electrons. The van der Waals surface area contributed by atoms with Gasteiger partial charge in [0.05, 0.1) is 30.5 Å². The number of aliphatic hydroxyl groups excluding tert-OH is 3. The average Bonchev–Trinajstić information content (AvgIpc) is 3.33. The van der Waals surface area contributed by atoms with Crippen LogP contribution in [0.5, 0.6) is 0 Å². The zero-order valence-electron chi connectivity index (χ0n) is 20.4. The van der Waals surface area contributed by atoms with Gasteiger partial charge in [0.1, 0.15) is 0 Å². The fraction of sp³-hybridized carbons (Fsp3) is 1.00. The third-order valence-electron chi connectivity index (χ3n) is 12.2. The van der Waals surface area contributed by atoms with Crippen molar-refractivity contribution in [2.45, 2.75) is 115 Å². The highest BCUT2D eigenvalue weighted by molar-refractivity contribution is 5.17. The van der Waals surface area contributed by atoms with E-state index in [1.165, 1.54) is 19.3 Å². The third kappa shape index (κ3) is 2.69. The fourth-order valence-corrected chi connectivity index (χ4v) is 10.4. The Morgan fingerprint density at radius 2 is 1.69 bits per heavy atom. The molecule has 0 aromatic carbocycles. The van der Waals surface area contributed by atoms with Gasteiger partial charge >= 0.3 is 0 Å². The molecular formula is C27H44O5. The Hall–Kier alpha value is -0.200. The zero-order chi connectivity index (χ0) is 22.7. The van der Waals surface area contributed by atoms with Crippen LogP contribution in [0.2, 0.25) is 0 Å². The van der Waals surface area contributed by atoms with Gasteiger partial charge in [-0.15, -0.1) is 0 Å². The molecular weight excluding hydrogens is 404 g/mol. The predicted molar refractivity (Wildman–Crippen MR) is 121 cm³/mol. The maximum atomic E-state index is 11.2. The van der Waals surface area contributed by atoms with Crippen LogP contribution >= 0.6 is 0 Å². The molecule has 2 aliphatic heterocycles. The zero-order valence-corrected chi connectivity index (χ0v) is 20.4. The molecule has 3 N–H and O–H groups in total. The largest absolute Gasteiger partial charge is 0.393 e. The third-order valence-corrected chi connectivity index (χ3v) is 12.2. The van der Waals surface area contributed by atoms with E-state index in [4.69, 9.17) is 9.47 Å². The highest BCUT2D eigenvalue weighted by Gasteiger charge is 2.71. The minimum Gasteiger partial charge on any atom is -0.393 e. The molecule has 6 aliphatic rings. The quantitative estimate of drug-likeness (QED) is 0.567. The van der Waals surface area contributed by atoms with Crippen molar-refractivity contribution in [1.29, 1.82) is 0 Å². The minimum atomic E-state index is -0.517. The second kappa shape index (κ2) is 6.94. The summed E-state index contributed by atoms with van der Waals surface area (Å²) in [6.45, 7) is 9.30. The van der Waals surface area contributed by atoms with Gasteiger partial charge in [0.2, 0.25) is 0 Å². The van der Waals surface area contributed by atoms with Gasteiger partial charge in [-0.1, -0.05) is 20.8 Å². The SMILES string of the molecule is C[C@H]1[C@H]2[C@H](C[C@@H]3[C@@H]4CC[C@H]5C[C@H](O)C[C@@H](O)[C@]5(C)[C@@H]4CC[C@]23C)O[C@]12CC[C@](C)(CO)O2. The summed E-state index contributed by atoms with van der Waals surface area (Å²) in [6.07, 6.45) is 8.61. The van der Waals surface area contributed by atoms with Crippen molar-refractivity contribution < 1.29 is 24.8 Å². The maximum absolute atomic E-state index is 11.2. The van der Waals surface area contributed by atoms with Crippen LogP contribution in [0.1, 0.15) is 85.5 Å². The molecule has 1 spiro atoms. The van der Waals surface area contributed by atoms with Crippen LogP contribution < -0.4 is 0 Å². The maximum Gasteiger partial charge on any atom is 0.172 e. The topological polar surface area (TPSA) is 79.2 Å². The molecule has 0 amide bonds. The molecule has 4 aliphatic carbocycles. The number of fused-ring (bicyclic) bond motifs is 7. The number of ether oxygens (including phenoxy) is 2. The van der Waals surface area contributed by atoms with Crippen molar-refractivity contribution >= 4 is 0 Å². The first-order valence-electron chi connectivity index (χ1n) is 13.4. The molecule has 182 valence electrons. The molecule has 2 heterocycles. The van der Waals surface area contributed by atoms with Crippen molar-refractivity contribution in [2.75, 3.05) is 6.61 Å². The van der Waals surface area contributed by atoms with Crippen molar-refractivity contribution in [3.63, 3.8) is 0 Å². The molecule has 13 atom stereocenters. The second-order valence-electron chi connectivity index (χ2n) is 13.4. The van der Waals surface area contributed by atoms with Crippen LogP contribution in [0.4, 0.5) is 0 Å². The molecule has 0 aromatic rings. The first-order chi connectivity index (χ1) is 15.1. The summed E-state index contributed by atoms with van der Waals surface area (Å²) >= 11 is 0. The Balaban J connectivity index is 1.27. The van der Waals surface area contributed by atoms with E-state index < -0.39 is 11.4 Å². The minimum absolute atomic E-state index is 0.0492. The summed E-state index contributed by atoms with van der Waals surface area (Å²) in [5, 5.41) is 31.3. The van der Waals surface area contributed by atoms with E-state index in [9.17, 15) is 15.3 Å². The van der Waals surface area contributed by atoms with Crippen LogP contribution in [0.15, 0.2) is 0 Å². The van der Waals surface area contributed by atoms with E-state index in [2.05, 4.69) is 20.8 Å². The molecule has 5 nitrogen and oxygen atoms in total. The Morgan fingerprint density at radius 3 is 2.41 bits per heavy atom. The van der Waals surface area contributed by atoms with E-state index in [0.29, 0.717) is 41.9 Å².